The predicted molar refractivity (Wildman–Crippen MR) is 253 cm³/mol. The van der Waals surface area contributed by atoms with E-state index in [9.17, 15) is 24.2 Å². The molecule has 3 atom stereocenters. The van der Waals surface area contributed by atoms with Gasteiger partial charge in [0.05, 0.1) is 33.9 Å². The Kier molecular flexibility index (Phi) is 38.0. The van der Waals surface area contributed by atoms with E-state index in [-0.39, 0.29) is 26.1 Å². The highest BCUT2D eigenvalue weighted by Gasteiger charge is 2.27. The second-order valence-electron chi connectivity index (χ2n) is 15.5. The number of quaternary nitrogens is 1. The van der Waals surface area contributed by atoms with E-state index in [1.165, 1.54) is 25.7 Å². The normalized spacial score (nSPS) is 15.2. The summed E-state index contributed by atoms with van der Waals surface area (Å²) in [6.07, 6.45) is 53.3. The number of rotatable bonds is 38. The van der Waals surface area contributed by atoms with E-state index in [1.807, 2.05) is 88.8 Å². The van der Waals surface area contributed by atoms with Gasteiger partial charge in [-0.1, -0.05) is 148 Å². The van der Waals surface area contributed by atoms with Crippen LogP contribution < -0.4 is 0 Å². The fourth-order valence-electron chi connectivity index (χ4n) is 5.05. The molecule has 0 radical (unpaired) electrons. The van der Waals surface area contributed by atoms with Crippen molar-refractivity contribution in [3.63, 3.8) is 0 Å². The number of ether oxygens (including phenoxy) is 2. The number of aliphatic hydroxyl groups excluding tert-OH is 1. The molecule has 0 bridgehead atoms. The van der Waals surface area contributed by atoms with E-state index in [4.69, 9.17) is 18.5 Å². The Morgan fingerprint density at radius 2 is 1.13 bits per heavy atom. The molecule has 0 aromatic carbocycles. The van der Waals surface area contributed by atoms with Gasteiger partial charge in [-0.3, -0.25) is 18.6 Å². The standard InChI is InChI=1S/C50H80NO9P/c1-6-8-10-11-12-13-14-15-16-17-18-19-20-21-25-28-31-34-37-41-49(53)57-45-48(46-59-61(55,56)58-44-43-51(3,4)5)60-50(54)42-38-35-32-29-26-23-22-24-27-30-33-36-40-47(52)39-9-7-2/h9,12-13,15-16,18-19,21-23,25,27,29-34,36,39,47-48,52H,6-8,10-11,14,17,20,24,26,28,35,37-38,40-46H2,1-5H3/p+1/b13-12-,16-15-,19-18-,23-22-,25-21-,30-27-,32-29-,34-31-,36-33+,39-9-/t47?,48-/m1/s1. The third kappa shape index (κ3) is 44.2. The number of hydrogen-bond acceptors (Lipinski definition) is 8. The van der Waals surface area contributed by atoms with Crippen molar-refractivity contribution in [1.29, 1.82) is 0 Å². The first-order chi connectivity index (χ1) is 29.4. The highest BCUT2D eigenvalue weighted by atomic mass is 31.2. The Balaban J connectivity index is 4.63. The van der Waals surface area contributed by atoms with Crippen molar-refractivity contribution >= 4 is 19.8 Å². The van der Waals surface area contributed by atoms with Crippen LogP contribution in [0.5, 0.6) is 0 Å². The molecule has 0 saturated heterocycles. The fraction of sp³-hybridized carbons (Fsp3) is 0.560. The van der Waals surface area contributed by atoms with E-state index in [1.54, 1.807) is 0 Å². The smallest absolute Gasteiger partial charge is 0.462 e. The van der Waals surface area contributed by atoms with Crippen LogP contribution in [0.25, 0.3) is 0 Å². The number of aliphatic hydroxyl groups is 1. The number of phosphoric acid groups is 1. The largest absolute Gasteiger partial charge is 0.472 e. The van der Waals surface area contributed by atoms with E-state index >= 15 is 0 Å². The fourth-order valence-corrected chi connectivity index (χ4v) is 5.79. The zero-order chi connectivity index (χ0) is 45.1. The molecule has 344 valence electrons. The van der Waals surface area contributed by atoms with Crippen molar-refractivity contribution < 1.29 is 47.2 Å². The Labute approximate surface area is 370 Å². The van der Waals surface area contributed by atoms with Gasteiger partial charge in [-0.15, -0.1) is 0 Å². The number of unbranched alkanes of at least 4 members (excludes halogenated alkanes) is 4. The molecule has 0 spiro atoms. The van der Waals surface area contributed by atoms with Gasteiger partial charge in [0.2, 0.25) is 0 Å². The van der Waals surface area contributed by atoms with Crippen molar-refractivity contribution in [3.05, 3.63) is 122 Å². The first kappa shape index (κ1) is 57.4. The number of carbonyl (C=O) groups is 2. The molecule has 0 rings (SSSR count). The second kappa shape index (κ2) is 40.4. The lowest BCUT2D eigenvalue weighted by molar-refractivity contribution is -0.870. The van der Waals surface area contributed by atoms with E-state index < -0.39 is 38.6 Å². The Hall–Kier alpha value is -3.63. The summed E-state index contributed by atoms with van der Waals surface area (Å²) >= 11 is 0. The molecule has 11 heteroatoms. The van der Waals surface area contributed by atoms with Gasteiger partial charge in [-0.25, -0.2) is 4.57 Å². The molecule has 0 heterocycles. The number of likely N-dealkylation sites (N-methyl/N-ethyl adjacent to an activating group) is 1. The molecule has 0 saturated carbocycles. The van der Waals surface area contributed by atoms with Gasteiger partial charge >= 0.3 is 19.8 Å². The van der Waals surface area contributed by atoms with Crippen LogP contribution in [0, 0.1) is 0 Å². The highest BCUT2D eigenvalue weighted by Crippen LogP contribution is 2.43. The van der Waals surface area contributed by atoms with Gasteiger partial charge in [-0.05, 0) is 83.5 Å². The molecule has 0 aliphatic rings. The number of nitrogens with zero attached hydrogens (tertiary/aromatic N) is 1. The molecule has 0 aliphatic carbocycles. The maximum Gasteiger partial charge on any atom is 0.472 e. The van der Waals surface area contributed by atoms with Crippen LogP contribution >= 0.6 is 7.82 Å². The molecule has 2 N–H and O–H groups in total. The molecule has 10 nitrogen and oxygen atoms in total. The summed E-state index contributed by atoms with van der Waals surface area (Å²) < 4.78 is 34.1. The van der Waals surface area contributed by atoms with Crippen LogP contribution in [-0.4, -0.2) is 86.1 Å². The van der Waals surface area contributed by atoms with Gasteiger partial charge < -0.3 is 24.0 Å². The molecule has 0 aliphatic heterocycles. The van der Waals surface area contributed by atoms with Crippen molar-refractivity contribution in [1.82, 2.24) is 0 Å². The molecule has 0 fully saturated rings. The van der Waals surface area contributed by atoms with Gasteiger partial charge in [-0.2, -0.15) is 0 Å². The Bertz CT molecular complexity index is 1460. The van der Waals surface area contributed by atoms with Crippen molar-refractivity contribution in [2.45, 2.75) is 135 Å². The van der Waals surface area contributed by atoms with Crippen LogP contribution in [-0.2, 0) is 32.7 Å². The first-order valence-electron chi connectivity index (χ1n) is 22.4. The molecule has 0 aromatic heterocycles. The van der Waals surface area contributed by atoms with Gasteiger partial charge in [0.15, 0.2) is 6.10 Å². The van der Waals surface area contributed by atoms with Crippen LogP contribution in [0.1, 0.15) is 123 Å². The van der Waals surface area contributed by atoms with Crippen molar-refractivity contribution in [3.8, 4) is 0 Å². The molecule has 0 amide bonds. The van der Waals surface area contributed by atoms with Crippen molar-refractivity contribution in [2.24, 2.45) is 0 Å². The van der Waals surface area contributed by atoms with Crippen LogP contribution in [0.3, 0.4) is 0 Å². The second-order valence-corrected chi connectivity index (χ2v) is 17.0. The molecular weight excluding hydrogens is 790 g/mol. The van der Waals surface area contributed by atoms with Crippen LogP contribution in [0.4, 0.5) is 0 Å². The van der Waals surface area contributed by atoms with Crippen molar-refractivity contribution in [2.75, 3.05) is 47.5 Å². The summed E-state index contributed by atoms with van der Waals surface area (Å²) in [6, 6.07) is 0. The summed E-state index contributed by atoms with van der Waals surface area (Å²) in [7, 11) is 1.35. The summed E-state index contributed by atoms with van der Waals surface area (Å²) in [5.41, 5.74) is 0. The quantitative estimate of drug-likeness (QED) is 0.0156. The molecule has 2 unspecified atom stereocenters. The minimum absolute atomic E-state index is 0.00528. The lowest BCUT2D eigenvalue weighted by Gasteiger charge is -2.24. The number of allylic oxidation sites excluding steroid dienone is 18. The maximum atomic E-state index is 12.7. The van der Waals surface area contributed by atoms with E-state index in [0.717, 1.165) is 44.9 Å². The number of phosphoric ester groups is 1. The molecule has 61 heavy (non-hydrogen) atoms. The van der Waals surface area contributed by atoms with E-state index in [0.29, 0.717) is 36.7 Å². The van der Waals surface area contributed by atoms with Crippen LogP contribution in [0.2, 0.25) is 0 Å². The summed E-state index contributed by atoms with van der Waals surface area (Å²) in [5, 5.41) is 9.78. The highest BCUT2D eigenvalue weighted by molar-refractivity contribution is 7.47. The zero-order valence-corrected chi connectivity index (χ0v) is 39.1. The lowest BCUT2D eigenvalue weighted by atomic mass is 10.2. The maximum absolute atomic E-state index is 12.7. The number of hydrogen-bond donors (Lipinski definition) is 2. The summed E-state index contributed by atoms with van der Waals surface area (Å²) in [6.45, 7) is 3.95. The minimum Gasteiger partial charge on any atom is -0.462 e. The topological polar surface area (TPSA) is 129 Å². The third-order valence-electron chi connectivity index (χ3n) is 8.56. The number of carbonyl (C=O) groups excluding carboxylic acids is 2. The predicted octanol–water partition coefficient (Wildman–Crippen LogP) is 11.9. The molecular formula is C50H81NO9P+. The average molecular weight is 871 g/mol. The van der Waals surface area contributed by atoms with Gasteiger partial charge in [0.1, 0.15) is 19.8 Å². The van der Waals surface area contributed by atoms with Gasteiger partial charge in [0, 0.05) is 12.8 Å². The zero-order valence-electron chi connectivity index (χ0n) is 38.2. The minimum atomic E-state index is -4.43. The van der Waals surface area contributed by atoms with Crippen LogP contribution in [0.15, 0.2) is 122 Å². The van der Waals surface area contributed by atoms with E-state index in [2.05, 4.69) is 67.7 Å². The van der Waals surface area contributed by atoms with Gasteiger partial charge in [0.25, 0.3) is 0 Å². The monoisotopic (exact) mass is 871 g/mol. The average Bonchev–Trinajstić information content (AvgIpc) is 3.21. The molecule has 0 aromatic rings. The first-order valence-corrected chi connectivity index (χ1v) is 23.9. The lowest BCUT2D eigenvalue weighted by Crippen LogP contribution is -2.37. The number of esters is 2. The summed E-state index contributed by atoms with van der Waals surface area (Å²) in [4.78, 5) is 35.3. The third-order valence-corrected chi connectivity index (χ3v) is 9.55. The Morgan fingerprint density at radius 3 is 1.69 bits per heavy atom. The Morgan fingerprint density at radius 1 is 0.607 bits per heavy atom. The SMILES string of the molecule is CC/C=C\C(O)C/C=C/C=C\C/C=C\C/C=C\CCCC(=O)O[C@H](COC(=O)CC/C=C\C/C=C\C/C=C\C/C=C\C/C=C\CCCCC)COP(=O)(O)OCC[N+](C)(C)C. The summed E-state index contributed by atoms with van der Waals surface area (Å²) in [5.74, 6) is -1.00.